The fourth-order valence-corrected chi connectivity index (χ4v) is 3.24. The molecule has 0 amide bonds. The molecule has 1 heterocycles. The zero-order valence-corrected chi connectivity index (χ0v) is 10.8. The quantitative estimate of drug-likeness (QED) is 0.858. The van der Waals surface area contributed by atoms with Crippen LogP contribution < -0.4 is 10.0 Å². The number of sulfonamides is 1. The van der Waals surface area contributed by atoms with Crippen LogP contribution in [0.15, 0.2) is 24.3 Å². The topological polar surface area (TPSA) is 58.2 Å². The molecule has 0 aromatic heterocycles. The Morgan fingerprint density at radius 3 is 2.67 bits per heavy atom. The van der Waals surface area contributed by atoms with Crippen LogP contribution in [-0.4, -0.2) is 26.8 Å². The van der Waals surface area contributed by atoms with E-state index in [9.17, 15) is 12.8 Å². The van der Waals surface area contributed by atoms with Gasteiger partial charge < -0.3 is 5.32 Å². The molecule has 4 nitrogen and oxygen atoms in total. The van der Waals surface area contributed by atoms with Crippen molar-refractivity contribution in [2.75, 3.05) is 17.0 Å². The van der Waals surface area contributed by atoms with Gasteiger partial charge in [-0.2, -0.15) is 0 Å². The van der Waals surface area contributed by atoms with E-state index in [0.717, 1.165) is 19.4 Å². The summed E-state index contributed by atoms with van der Waals surface area (Å²) in [5.74, 6) is -0.296. The van der Waals surface area contributed by atoms with Crippen molar-refractivity contribution in [1.29, 1.82) is 0 Å². The first kappa shape index (κ1) is 13.3. The number of benzene rings is 1. The van der Waals surface area contributed by atoms with Crippen molar-refractivity contribution >= 4 is 15.7 Å². The molecule has 18 heavy (non-hydrogen) atoms. The maximum Gasteiger partial charge on any atom is 0.232 e. The Labute approximate surface area is 107 Å². The van der Waals surface area contributed by atoms with Crippen molar-refractivity contribution < 1.29 is 12.8 Å². The van der Waals surface area contributed by atoms with Gasteiger partial charge >= 0.3 is 0 Å². The van der Waals surface area contributed by atoms with Gasteiger partial charge in [0.1, 0.15) is 5.82 Å². The van der Waals surface area contributed by atoms with Crippen LogP contribution in [0.4, 0.5) is 10.1 Å². The van der Waals surface area contributed by atoms with Crippen LogP contribution in [0.25, 0.3) is 0 Å². The first-order chi connectivity index (χ1) is 8.55. The molecule has 1 fully saturated rings. The van der Waals surface area contributed by atoms with Crippen LogP contribution in [0.3, 0.4) is 0 Å². The van der Waals surface area contributed by atoms with E-state index in [1.807, 2.05) is 0 Å². The van der Waals surface area contributed by atoms with Crippen molar-refractivity contribution in [3.63, 3.8) is 0 Å². The van der Waals surface area contributed by atoms with Crippen LogP contribution in [0.1, 0.15) is 19.3 Å². The highest BCUT2D eigenvalue weighted by Crippen LogP contribution is 2.13. The van der Waals surface area contributed by atoms with Gasteiger partial charge in [-0.1, -0.05) is 0 Å². The number of anilines is 1. The van der Waals surface area contributed by atoms with E-state index in [1.165, 1.54) is 24.3 Å². The maximum atomic E-state index is 12.7. The molecule has 1 unspecified atom stereocenters. The van der Waals surface area contributed by atoms with E-state index in [-0.39, 0.29) is 11.6 Å². The van der Waals surface area contributed by atoms with Gasteiger partial charge in [0.15, 0.2) is 0 Å². The highest BCUT2D eigenvalue weighted by Gasteiger charge is 2.18. The number of nitrogens with one attached hydrogen (secondary N) is 2. The lowest BCUT2D eigenvalue weighted by atomic mass is 10.2. The summed E-state index contributed by atoms with van der Waals surface area (Å²) < 4.78 is 38.8. The highest BCUT2D eigenvalue weighted by atomic mass is 32.2. The summed E-state index contributed by atoms with van der Waals surface area (Å²) in [6.45, 7) is 0.968. The maximum absolute atomic E-state index is 12.7. The molecule has 2 N–H and O–H groups in total. The molecule has 1 aromatic carbocycles. The Morgan fingerprint density at radius 2 is 2.06 bits per heavy atom. The molecule has 0 radical (unpaired) electrons. The molecule has 1 aliphatic heterocycles. The van der Waals surface area contributed by atoms with Crippen LogP contribution in [0, 0.1) is 5.82 Å². The first-order valence-corrected chi connectivity index (χ1v) is 7.70. The van der Waals surface area contributed by atoms with Crippen molar-refractivity contribution in [3.8, 4) is 0 Å². The smallest absolute Gasteiger partial charge is 0.232 e. The van der Waals surface area contributed by atoms with Crippen LogP contribution in [-0.2, 0) is 10.0 Å². The molecule has 0 spiro atoms. The lowest BCUT2D eigenvalue weighted by Gasteiger charge is -2.11. The largest absolute Gasteiger partial charge is 0.314 e. The lowest BCUT2D eigenvalue weighted by molar-refractivity contribution is 0.565. The van der Waals surface area contributed by atoms with E-state index in [0.29, 0.717) is 18.2 Å². The Kier molecular flexibility index (Phi) is 4.19. The minimum atomic E-state index is -3.35. The predicted molar refractivity (Wildman–Crippen MR) is 69.5 cm³/mol. The van der Waals surface area contributed by atoms with E-state index in [1.54, 1.807) is 0 Å². The van der Waals surface area contributed by atoms with Gasteiger partial charge in [0.2, 0.25) is 10.0 Å². The summed E-state index contributed by atoms with van der Waals surface area (Å²) in [6, 6.07) is 5.60. The van der Waals surface area contributed by atoms with Gasteiger partial charge in [-0.05, 0) is 50.1 Å². The molecule has 0 aliphatic carbocycles. The molecule has 1 saturated heterocycles. The standard InChI is InChI=1S/C12H17FN2O2S/c13-10-3-5-12(6-4-10)15-18(16,17)9-7-11-2-1-8-14-11/h3-6,11,14-15H,1-2,7-9H2. The molecule has 1 aliphatic rings. The number of hydrogen-bond donors (Lipinski definition) is 2. The molecular formula is C12H17FN2O2S. The summed E-state index contributed by atoms with van der Waals surface area (Å²) in [4.78, 5) is 0. The average Bonchev–Trinajstić information content (AvgIpc) is 2.83. The molecule has 6 heteroatoms. The Balaban J connectivity index is 1.88. The van der Waals surface area contributed by atoms with Crippen molar-refractivity contribution in [2.24, 2.45) is 0 Å². The zero-order chi connectivity index (χ0) is 13.0. The van der Waals surface area contributed by atoms with Gasteiger partial charge in [-0.25, -0.2) is 12.8 Å². The summed E-state index contributed by atoms with van der Waals surface area (Å²) in [6.07, 6.45) is 2.75. The lowest BCUT2D eigenvalue weighted by Crippen LogP contribution is -2.26. The van der Waals surface area contributed by atoms with E-state index < -0.39 is 10.0 Å². The van der Waals surface area contributed by atoms with E-state index in [2.05, 4.69) is 10.0 Å². The normalized spacial score (nSPS) is 19.9. The number of hydrogen-bond acceptors (Lipinski definition) is 3. The molecule has 2 rings (SSSR count). The predicted octanol–water partition coefficient (Wildman–Crippen LogP) is 1.71. The van der Waals surface area contributed by atoms with Crippen molar-refractivity contribution in [1.82, 2.24) is 5.32 Å². The monoisotopic (exact) mass is 272 g/mol. The molecular weight excluding hydrogens is 255 g/mol. The van der Waals surface area contributed by atoms with E-state index in [4.69, 9.17) is 0 Å². The first-order valence-electron chi connectivity index (χ1n) is 6.05. The SMILES string of the molecule is O=S(=O)(CCC1CCCN1)Nc1ccc(F)cc1. The molecule has 100 valence electrons. The molecule has 1 aromatic rings. The average molecular weight is 272 g/mol. The van der Waals surface area contributed by atoms with Crippen LogP contribution in [0.5, 0.6) is 0 Å². The summed E-state index contributed by atoms with van der Waals surface area (Å²) in [5, 5.41) is 3.26. The van der Waals surface area contributed by atoms with Gasteiger partial charge in [-0.3, -0.25) is 4.72 Å². The highest BCUT2D eigenvalue weighted by molar-refractivity contribution is 7.92. The van der Waals surface area contributed by atoms with Gasteiger partial charge in [0.05, 0.1) is 5.75 Å². The fourth-order valence-electron chi connectivity index (χ4n) is 2.05. The Bertz CT molecular complexity index is 481. The number of halogens is 1. The van der Waals surface area contributed by atoms with Gasteiger partial charge in [-0.15, -0.1) is 0 Å². The number of rotatable bonds is 5. The Hall–Kier alpha value is -1.14. The van der Waals surface area contributed by atoms with Gasteiger partial charge in [0.25, 0.3) is 0 Å². The Morgan fingerprint density at radius 1 is 1.33 bits per heavy atom. The second-order valence-corrected chi connectivity index (χ2v) is 6.35. The third-order valence-corrected chi connectivity index (χ3v) is 4.33. The summed E-state index contributed by atoms with van der Waals surface area (Å²) >= 11 is 0. The van der Waals surface area contributed by atoms with Crippen LogP contribution in [0.2, 0.25) is 0 Å². The minimum Gasteiger partial charge on any atom is -0.314 e. The minimum absolute atomic E-state index is 0.0854. The van der Waals surface area contributed by atoms with Crippen molar-refractivity contribution in [3.05, 3.63) is 30.1 Å². The fraction of sp³-hybridized carbons (Fsp3) is 0.500. The van der Waals surface area contributed by atoms with E-state index >= 15 is 0 Å². The third-order valence-electron chi connectivity index (χ3n) is 3.01. The molecule has 1 atom stereocenters. The second-order valence-electron chi connectivity index (χ2n) is 4.51. The summed E-state index contributed by atoms with van der Waals surface area (Å²) in [5.41, 5.74) is 0.399. The second kappa shape index (κ2) is 5.67. The third kappa shape index (κ3) is 3.96. The molecule has 0 saturated carbocycles. The molecule has 0 bridgehead atoms. The van der Waals surface area contributed by atoms with Crippen LogP contribution >= 0.6 is 0 Å². The summed E-state index contributed by atoms with van der Waals surface area (Å²) in [7, 11) is -3.35. The van der Waals surface area contributed by atoms with Gasteiger partial charge in [0, 0.05) is 11.7 Å². The van der Waals surface area contributed by atoms with Crippen molar-refractivity contribution in [2.45, 2.75) is 25.3 Å². The zero-order valence-electron chi connectivity index (χ0n) is 10.0.